The van der Waals surface area contributed by atoms with Crippen LogP contribution in [0.5, 0.6) is 0 Å². The fraction of sp³-hybridized carbons (Fsp3) is 0.667. The van der Waals surface area contributed by atoms with Gasteiger partial charge in [-0.25, -0.2) is 10.0 Å². The van der Waals surface area contributed by atoms with Crippen molar-refractivity contribution in [3.8, 4) is 0 Å². The Bertz CT molecular complexity index is 212. The Kier molecular flexibility index (Phi) is 3.45. The first-order chi connectivity index (χ1) is 6.17. The highest BCUT2D eigenvalue weighted by molar-refractivity contribution is 5.78. The van der Waals surface area contributed by atoms with E-state index in [-0.39, 0.29) is 0 Å². The molecule has 0 aromatic carbocycles. The fourth-order valence-electron chi connectivity index (χ4n) is 1.60. The summed E-state index contributed by atoms with van der Waals surface area (Å²) in [6.45, 7) is 7.39. The molecule has 0 atom stereocenters. The van der Waals surface area contributed by atoms with Crippen LogP contribution in [0.2, 0.25) is 0 Å². The number of carbonyl (C=O) groups is 1. The molecule has 0 N–H and O–H groups in total. The summed E-state index contributed by atoms with van der Waals surface area (Å²) in [6.07, 6.45) is 1.21. The first kappa shape index (κ1) is 10.2. The first-order valence-corrected chi connectivity index (χ1v) is 4.57. The normalized spacial score (nSPS) is 19.4. The smallest absolute Gasteiger partial charge is 0.0643 e. The van der Waals surface area contributed by atoms with E-state index in [0.29, 0.717) is 0 Å². The van der Waals surface area contributed by atoms with Crippen molar-refractivity contribution < 1.29 is 9.90 Å². The van der Waals surface area contributed by atoms with Crippen molar-refractivity contribution in [3.63, 3.8) is 0 Å². The Labute approximate surface area is 78.4 Å². The van der Waals surface area contributed by atoms with Crippen molar-refractivity contribution in [3.05, 3.63) is 11.6 Å². The molecular weight excluding hydrogens is 168 g/mol. The van der Waals surface area contributed by atoms with E-state index in [0.717, 1.165) is 31.8 Å². The largest absolute Gasteiger partial charge is 0.545 e. The number of carbonyl (C=O) groups excluding carboxylic acids is 1. The Balaban J connectivity index is 2.62. The molecule has 0 spiro atoms. The Morgan fingerprint density at radius 3 is 2.15 bits per heavy atom. The van der Waals surface area contributed by atoms with Gasteiger partial charge in [-0.15, -0.1) is 0 Å². The minimum Gasteiger partial charge on any atom is -0.545 e. The maximum absolute atomic E-state index is 10.3. The zero-order valence-corrected chi connectivity index (χ0v) is 8.12. The number of rotatable bonds is 3. The third-order valence-corrected chi connectivity index (χ3v) is 2.22. The van der Waals surface area contributed by atoms with Crippen LogP contribution in [-0.2, 0) is 4.79 Å². The molecule has 74 valence electrons. The van der Waals surface area contributed by atoms with Gasteiger partial charge in [-0.05, 0) is 11.6 Å². The molecule has 1 saturated heterocycles. The molecule has 0 aliphatic carbocycles. The van der Waals surface area contributed by atoms with Crippen LogP contribution >= 0.6 is 0 Å². The molecule has 1 rings (SSSR count). The standard InChI is InChI=1S/C9H16N2O2/c1-3-10-6-8(5-9(12)13)7-11(10)4-2/h5H,3-4,6-7H2,1-2H3,(H,12,13)/p-1. The van der Waals surface area contributed by atoms with Crippen LogP contribution < -0.4 is 5.11 Å². The lowest BCUT2D eigenvalue weighted by Gasteiger charge is -2.24. The van der Waals surface area contributed by atoms with Crippen LogP contribution in [-0.4, -0.2) is 42.2 Å². The van der Waals surface area contributed by atoms with Crippen LogP contribution in [0, 0.1) is 0 Å². The Morgan fingerprint density at radius 2 is 1.85 bits per heavy atom. The Hall–Kier alpha value is -0.870. The van der Waals surface area contributed by atoms with E-state index in [4.69, 9.17) is 0 Å². The SMILES string of the molecule is CCN1CC(=CC(=O)[O-])CN1CC. The van der Waals surface area contributed by atoms with Gasteiger partial charge in [-0.1, -0.05) is 13.8 Å². The van der Waals surface area contributed by atoms with E-state index in [1.54, 1.807) is 0 Å². The monoisotopic (exact) mass is 183 g/mol. The number of hydrazine groups is 1. The summed E-state index contributed by atoms with van der Waals surface area (Å²) in [7, 11) is 0. The van der Waals surface area contributed by atoms with Gasteiger partial charge in [0, 0.05) is 26.2 Å². The van der Waals surface area contributed by atoms with Crippen molar-refractivity contribution in [2.45, 2.75) is 13.8 Å². The van der Waals surface area contributed by atoms with Crippen molar-refractivity contribution in [2.75, 3.05) is 26.2 Å². The highest BCUT2D eigenvalue weighted by Crippen LogP contribution is 2.14. The number of hydrogen-bond donors (Lipinski definition) is 0. The minimum atomic E-state index is -1.09. The lowest BCUT2D eigenvalue weighted by molar-refractivity contribution is -0.297. The van der Waals surface area contributed by atoms with Crippen molar-refractivity contribution in [2.24, 2.45) is 0 Å². The first-order valence-electron chi connectivity index (χ1n) is 4.57. The molecule has 0 saturated carbocycles. The van der Waals surface area contributed by atoms with Crippen molar-refractivity contribution in [1.29, 1.82) is 0 Å². The maximum atomic E-state index is 10.3. The van der Waals surface area contributed by atoms with Crippen LogP contribution in [0.1, 0.15) is 13.8 Å². The summed E-state index contributed by atoms with van der Waals surface area (Å²) in [5, 5.41) is 14.6. The number of carboxylic acids is 1. The summed E-state index contributed by atoms with van der Waals surface area (Å²) in [5.74, 6) is -1.09. The average Bonchev–Trinajstić information content (AvgIpc) is 2.45. The van der Waals surface area contributed by atoms with Crippen LogP contribution in [0.25, 0.3) is 0 Å². The van der Waals surface area contributed by atoms with E-state index in [9.17, 15) is 9.90 Å². The molecule has 0 unspecified atom stereocenters. The molecule has 0 aromatic heterocycles. The summed E-state index contributed by atoms with van der Waals surface area (Å²) in [5.41, 5.74) is 0.920. The molecule has 0 amide bonds. The van der Waals surface area contributed by atoms with Gasteiger partial charge in [-0.3, -0.25) is 0 Å². The van der Waals surface area contributed by atoms with Crippen LogP contribution in [0.4, 0.5) is 0 Å². The van der Waals surface area contributed by atoms with Gasteiger partial charge in [0.15, 0.2) is 0 Å². The highest BCUT2D eigenvalue weighted by atomic mass is 16.4. The quantitative estimate of drug-likeness (QED) is 0.539. The van der Waals surface area contributed by atoms with Crippen molar-refractivity contribution in [1.82, 2.24) is 10.0 Å². The van der Waals surface area contributed by atoms with E-state index < -0.39 is 5.97 Å². The van der Waals surface area contributed by atoms with Crippen LogP contribution in [0.15, 0.2) is 11.6 Å². The lowest BCUT2D eigenvalue weighted by atomic mass is 10.2. The third-order valence-electron chi connectivity index (χ3n) is 2.22. The second kappa shape index (κ2) is 4.39. The molecule has 0 radical (unpaired) electrons. The average molecular weight is 183 g/mol. The highest BCUT2D eigenvalue weighted by Gasteiger charge is 2.21. The summed E-state index contributed by atoms with van der Waals surface area (Å²) in [4.78, 5) is 10.3. The minimum absolute atomic E-state index is 0.721. The van der Waals surface area contributed by atoms with E-state index in [1.165, 1.54) is 6.08 Å². The molecule has 13 heavy (non-hydrogen) atoms. The lowest BCUT2D eigenvalue weighted by Crippen LogP contribution is -2.35. The molecule has 4 nitrogen and oxygen atoms in total. The van der Waals surface area contributed by atoms with Crippen LogP contribution in [0.3, 0.4) is 0 Å². The van der Waals surface area contributed by atoms with Crippen molar-refractivity contribution >= 4 is 5.97 Å². The molecule has 0 bridgehead atoms. The number of hydrogen-bond acceptors (Lipinski definition) is 4. The molecular formula is C9H15N2O2-. The molecule has 1 aliphatic heterocycles. The van der Waals surface area contributed by atoms with E-state index in [1.807, 2.05) is 0 Å². The second-order valence-corrected chi connectivity index (χ2v) is 3.08. The third kappa shape index (κ3) is 2.54. The number of nitrogens with zero attached hydrogens (tertiary/aromatic N) is 2. The molecule has 4 heteroatoms. The van der Waals surface area contributed by atoms with E-state index >= 15 is 0 Å². The number of aliphatic carboxylic acids is 1. The van der Waals surface area contributed by atoms with Gasteiger partial charge in [-0.2, -0.15) is 0 Å². The van der Waals surface area contributed by atoms with Gasteiger partial charge >= 0.3 is 0 Å². The van der Waals surface area contributed by atoms with E-state index in [2.05, 4.69) is 23.9 Å². The second-order valence-electron chi connectivity index (χ2n) is 3.08. The van der Waals surface area contributed by atoms with Gasteiger partial charge in [0.25, 0.3) is 0 Å². The van der Waals surface area contributed by atoms with Gasteiger partial charge in [0.2, 0.25) is 0 Å². The Morgan fingerprint density at radius 1 is 1.38 bits per heavy atom. The zero-order valence-electron chi connectivity index (χ0n) is 8.12. The predicted molar refractivity (Wildman–Crippen MR) is 47.6 cm³/mol. The summed E-state index contributed by atoms with van der Waals surface area (Å²) >= 11 is 0. The maximum Gasteiger partial charge on any atom is 0.0643 e. The van der Waals surface area contributed by atoms with Gasteiger partial charge in [0.05, 0.1) is 5.97 Å². The summed E-state index contributed by atoms with van der Waals surface area (Å²) in [6, 6.07) is 0. The fourth-order valence-corrected chi connectivity index (χ4v) is 1.60. The molecule has 1 fully saturated rings. The van der Waals surface area contributed by atoms with Gasteiger partial charge < -0.3 is 9.90 Å². The molecule has 1 aliphatic rings. The van der Waals surface area contributed by atoms with Gasteiger partial charge in [0.1, 0.15) is 0 Å². The number of carboxylic acid groups (broad SMARTS) is 1. The summed E-state index contributed by atoms with van der Waals surface area (Å²) < 4.78 is 0. The number of likely N-dealkylation sites (N-methyl/N-ethyl adjacent to an activating group) is 2. The zero-order chi connectivity index (χ0) is 9.84. The molecule has 0 aromatic rings. The predicted octanol–water partition coefficient (Wildman–Crippen LogP) is -0.765. The topological polar surface area (TPSA) is 46.6 Å². The molecule has 1 heterocycles.